The van der Waals surface area contributed by atoms with Crippen molar-refractivity contribution in [3.8, 4) is 16.9 Å². The summed E-state index contributed by atoms with van der Waals surface area (Å²) < 4.78 is 68.7. The molecule has 0 fully saturated rings. The molecule has 138 valence electrons. The maximum atomic E-state index is 14.5. The van der Waals surface area contributed by atoms with Gasteiger partial charge < -0.3 is 4.74 Å². The van der Waals surface area contributed by atoms with E-state index in [-0.39, 0.29) is 11.1 Å². The second kappa shape index (κ2) is 7.09. The van der Waals surface area contributed by atoms with Crippen molar-refractivity contribution in [2.75, 3.05) is 0 Å². The zero-order valence-corrected chi connectivity index (χ0v) is 14.1. The lowest BCUT2D eigenvalue weighted by atomic mass is 9.88. The molecule has 0 saturated heterocycles. The predicted octanol–water partition coefficient (Wildman–Crippen LogP) is 6.66. The van der Waals surface area contributed by atoms with Crippen LogP contribution in [0.4, 0.5) is 22.0 Å². The summed E-state index contributed by atoms with van der Waals surface area (Å²) in [6.45, 7) is 2.08. The third-order valence-corrected chi connectivity index (χ3v) is 4.34. The number of fused-ring (bicyclic) bond motifs is 1. The minimum absolute atomic E-state index is 0.161. The highest BCUT2D eigenvalue weighted by molar-refractivity contribution is 5.71. The number of hydrogen-bond donors (Lipinski definition) is 0. The molecule has 0 atom stereocenters. The standard InChI is InChI=1S/C20H17F5O/c1-2-3-12-4-5-13-9-16(17(21)11-15(13)8-12)14-6-7-19(18(22)10-14)26-20(23,24)25/h6-11H,2-5H2,1H3. The van der Waals surface area contributed by atoms with Crippen LogP contribution in [0.5, 0.6) is 5.75 Å². The van der Waals surface area contributed by atoms with Crippen LogP contribution in [0.15, 0.2) is 35.9 Å². The highest BCUT2D eigenvalue weighted by atomic mass is 19.4. The minimum Gasteiger partial charge on any atom is -0.403 e. The Morgan fingerprint density at radius 3 is 2.42 bits per heavy atom. The van der Waals surface area contributed by atoms with Gasteiger partial charge in [-0.2, -0.15) is 0 Å². The zero-order valence-electron chi connectivity index (χ0n) is 14.1. The first-order chi connectivity index (χ1) is 12.3. The Labute approximate surface area is 148 Å². The quantitative estimate of drug-likeness (QED) is 0.548. The molecule has 26 heavy (non-hydrogen) atoms. The van der Waals surface area contributed by atoms with Crippen molar-refractivity contribution in [1.82, 2.24) is 0 Å². The van der Waals surface area contributed by atoms with Gasteiger partial charge in [0.15, 0.2) is 11.6 Å². The molecule has 0 N–H and O–H groups in total. The van der Waals surface area contributed by atoms with E-state index >= 15 is 0 Å². The summed E-state index contributed by atoms with van der Waals surface area (Å²) >= 11 is 0. The average molecular weight is 368 g/mol. The summed E-state index contributed by atoms with van der Waals surface area (Å²) in [7, 11) is 0. The molecule has 0 aliphatic heterocycles. The molecule has 0 aromatic heterocycles. The summed E-state index contributed by atoms with van der Waals surface area (Å²) in [6, 6.07) is 5.97. The van der Waals surface area contributed by atoms with Crippen molar-refractivity contribution in [2.24, 2.45) is 0 Å². The average Bonchev–Trinajstić information content (AvgIpc) is 2.55. The Morgan fingerprint density at radius 1 is 1.00 bits per heavy atom. The van der Waals surface area contributed by atoms with Crippen LogP contribution in [0.3, 0.4) is 0 Å². The number of halogens is 5. The molecule has 0 unspecified atom stereocenters. The van der Waals surface area contributed by atoms with Gasteiger partial charge in [-0.1, -0.05) is 31.1 Å². The highest BCUT2D eigenvalue weighted by Gasteiger charge is 2.32. The van der Waals surface area contributed by atoms with Crippen LogP contribution in [0.2, 0.25) is 0 Å². The van der Waals surface area contributed by atoms with E-state index in [1.165, 1.54) is 17.7 Å². The van der Waals surface area contributed by atoms with Crippen LogP contribution in [0.25, 0.3) is 17.2 Å². The van der Waals surface area contributed by atoms with Crippen LogP contribution in [-0.2, 0) is 6.42 Å². The summed E-state index contributed by atoms with van der Waals surface area (Å²) in [6.07, 6.45) is 0.630. The van der Waals surface area contributed by atoms with Crippen LogP contribution in [0, 0.1) is 11.6 Å². The first-order valence-electron chi connectivity index (χ1n) is 8.34. The predicted molar refractivity (Wildman–Crippen MR) is 89.7 cm³/mol. The molecule has 1 nitrogen and oxygen atoms in total. The van der Waals surface area contributed by atoms with E-state index in [0.29, 0.717) is 0 Å². The first-order valence-corrected chi connectivity index (χ1v) is 8.34. The van der Waals surface area contributed by atoms with Crippen LogP contribution in [0.1, 0.15) is 37.3 Å². The van der Waals surface area contributed by atoms with Gasteiger partial charge in [-0.15, -0.1) is 13.2 Å². The Morgan fingerprint density at radius 2 is 1.77 bits per heavy atom. The summed E-state index contributed by atoms with van der Waals surface area (Å²) in [5.74, 6) is -2.67. The van der Waals surface area contributed by atoms with Crippen molar-refractivity contribution in [1.29, 1.82) is 0 Å². The van der Waals surface area contributed by atoms with Gasteiger partial charge >= 0.3 is 6.36 Å². The van der Waals surface area contributed by atoms with Crippen molar-refractivity contribution < 1.29 is 26.7 Å². The fourth-order valence-electron chi connectivity index (χ4n) is 3.19. The second-order valence-corrected chi connectivity index (χ2v) is 6.28. The smallest absolute Gasteiger partial charge is 0.403 e. The SMILES string of the molecule is CCCC1=Cc2cc(F)c(-c3ccc(OC(F)(F)F)c(F)c3)cc2CC1. The van der Waals surface area contributed by atoms with Gasteiger partial charge in [-0.3, -0.25) is 0 Å². The number of hydrogen-bond acceptors (Lipinski definition) is 1. The first kappa shape index (κ1) is 18.4. The van der Waals surface area contributed by atoms with Crippen LogP contribution >= 0.6 is 0 Å². The molecule has 0 radical (unpaired) electrons. The number of aryl methyl sites for hydroxylation is 1. The third kappa shape index (κ3) is 4.06. The van der Waals surface area contributed by atoms with Gasteiger partial charge in [0.2, 0.25) is 0 Å². The van der Waals surface area contributed by atoms with Gasteiger partial charge in [0.25, 0.3) is 0 Å². The Balaban J connectivity index is 1.95. The van der Waals surface area contributed by atoms with Gasteiger partial charge in [0.1, 0.15) is 5.82 Å². The van der Waals surface area contributed by atoms with E-state index in [9.17, 15) is 22.0 Å². The monoisotopic (exact) mass is 368 g/mol. The van der Waals surface area contributed by atoms with Crippen LogP contribution in [-0.4, -0.2) is 6.36 Å². The topological polar surface area (TPSA) is 9.23 Å². The van der Waals surface area contributed by atoms with Gasteiger partial charge in [-0.25, -0.2) is 8.78 Å². The largest absolute Gasteiger partial charge is 0.573 e. The molecule has 0 heterocycles. The fourth-order valence-corrected chi connectivity index (χ4v) is 3.19. The number of rotatable bonds is 4. The van der Waals surface area contributed by atoms with E-state index in [4.69, 9.17) is 0 Å². The zero-order chi connectivity index (χ0) is 18.9. The van der Waals surface area contributed by atoms with Crippen molar-refractivity contribution in [3.05, 3.63) is 58.7 Å². The maximum absolute atomic E-state index is 14.5. The molecule has 1 aliphatic rings. The van der Waals surface area contributed by atoms with E-state index < -0.39 is 23.7 Å². The van der Waals surface area contributed by atoms with E-state index in [1.807, 2.05) is 6.08 Å². The molecule has 0 saturated carbocycles. The lowest BCUT2D eigenvalue weighted by molar-refractivity contribution is -0.275. The highest BCUT2D eigenvalue weighted by Crippen LogP contribution is 2.34. The van der Waals surface area contributed by atoms with Crippen molar-refractivity contribution in [3.63, 3.8) is 0 Å². The number of ether oxygens (including phenoxy) is 1. The van der Waals surface area contributed by atoms with E-state index in [0.717, 1.165) is 48.9 Å². The minimum atomic E-state index is -4.98. The summed E-state index contributed by atoms with van der Waals surface area (Å²) in [5, 5.41) is 0. The fraction of sp³-hybridized carbons (Fsp3) is 0.300. The van der Waals surface area contributed by atoms with Crippen molar-refractivity contribution >= 4 is 6.08 Å². The van der Waals surface area contributed by atoms with Crippen molar-refractivity contribution in [2.45, 2.75) is 39.0 Å². The normalized spacial score (nSPS) is 14.0. The molecule has 2 aromatic carbocycles. The molecule has 6 heteroatoms. The Kier molecular flexibility index (Phi) is 5.03. The molecule has 0 bridgehead atoms. The summed E-state index contributed by atoms with van der Waals surface area (Å²) in [4.78, 5) is 0. The number of allylic oxidation sites excluding steroid dienone is 1. The van der Waals surface area contributed by atoms with Gasteiger partial charge in [0, 0.05) is 5.56 Å². The number of benzene rings is 2. The molecule has 3 rings (SSSR count). The molecule has 1 aliphatic carbocycles. The molecule has 2 aromatic rings. The second-order valence-electron chi connectivity index (χ2n) is 6.28. The number of alkyl halides is 3. The van der Waals surface area contributed by atoms with Gasteiger partial charge in [0.05, 0.1) is 0 Å². The van der Waals surface area contributed by atoms with E-state index in [2.05, 4.69) is 11.7 Å². The molecule has 0 spiro atoms. The molecular formula is C20H17F5O. The third-order valence-electron chi connectivity index (χ3n) is 4.34. The lowest BCUT2D eigenvalue weighted by Crippen LogP contribution is -2.17. The Hall–Kier alpha value is -2.37. The van der Waals surface area contributed by atoms with Crippen LogP contribution < -0.4 is 4.74 Å². The van der Waals surface area contributed by atoms with Gasteiger partial charge in [-0.05, 0) is 60.2 Å². The molecule has 0 amide bonds. The maximum Gasteiger partial charge on any atom is 0.573 e. The molecular weight excluding hydrogens is 351 g/mol. The Bertz CT molecular complexity index is 852. The lowest BCUT2D eigenvalue weighted by Gasteiger charge is -2.18. The van der Waals surface area contributed by atoms with E-state index in [1.54, 1.807) is 6.07 Å². The summed E-state index contributed by atoms with van der Waals surface area (Å²) in [5.41, 5.74) is 3.34.